The molecule has 140 valence electrons. The van der Waals surface area contributed by atoms with Gasteiger partial charge in [-0.2, -0.15) is 0 Å². The second-order valence-electron chi connectivity index (χ2n) is 5.77. The zero-order valence-corrected chi connectivity index (χ0v) is 16.3. The van der Waals surface area contributed by atoms with E-state index in [1.807, 2.05) is 37.3 Å². The fraction of sp³-hybridized carbons (Fsp3) is 0.211. The number of aromatic nitrogens is 3. The van der Waals surface area contributed by atoms with Crippen molar-refractivity contribution in [3.8, 4) is 5.75 Å². The molecule has 3 rings (SSSR count). The molecule has 0 saturated carbocycles. The van der Waals surface area contributed by atoms with Crippen molar-refractivity contribution in [2.75, 3.05) is 0 Å². The zero-order valence-electron chi connectivity index (χ0n) is 14.7. The van der Waals surface area contributed by atoms with Gasteiger partial charge in [-0.05, 0) is 36.8 Å². The number of halogens is 1. The maximum absolute atomic E-state index is 12.2. The number of amides is 1. The molecule has 1 aromatic heterocycles. The Morgan fingerprint density at radius 3 is 2.70 bits per heavy atom. The Kier molecular flexibility index (Phi) is 6.73. The number of benzene rings is 2. The molecule has 1 heterocycles. The maximum Gasteiger partial charge on any atom is 0.233 e. The minimum absolute atomic E-state index is 0.0624. The van der Waals surface area contributed by atoms with Crippen LogP contribution < -0.4 is 10.1 Å². The molecule has 1 unspecified atom stereocenters. The number of H-pyrrole nitrogens is 1. The van der Waals surface area contributed by atoms with E-state index in [4.69, 9.17) is 16.3 Å². The molecule has 0 radical (unpaired) electrons. The highest BCUT2D eigenvalue weighted by Crippen LogP contribution is 2.20. The lowest BCUT2D eigenvalue weighted by Crippen LogP contribution is -2.30. The predicted octanol–water partition coefficient (Wildman–Crippen LogP) is 3.83. The van der Waals surface area contributed by atoms with Crippen LogP contribution in [0.5, 0.6) is 5.75 Å². The molecule has 8 heteroatoms. The first-order valence-corrected chi connectivity index (χ1v) is 9.64. The highest BCUT2D eigenvalue weighted by atomic mass is 35.5. The quantitative estimate of drug-likeness (QED) is 0.559. The van der Waals surface area contributed by atoms with Gasteiger partial charge in [-0.1, -0.05) is 53.7 Å². The van der Waals surface area contributed by atoms with E-state index in [-0.39, 0.29) is 17.8 Å². The van der Waals surface area contributed by atoms with Gasteiger partial charge < -0.3 is 10.1 Å². The number of aromatic amines is 1. The first-order valence-electron chi connectivity index (χ1n) is 8.38. The summed E-state index contributed by atoms with van der Waals surface area (Å²) < 4.78 is 5.62. The summed E-state index contributed by atoms with van der Waals surface area (Å²) in [5.41, 5.74) is 1.06. The molecule has 3 aromatic rings. The second-order valence-corrected chi connectivity index (χ2v) is 7.52. The minimum Gasteiger partial charge on any atom is -0.486 e. The number of carbonyl (C=O) groups excluding carboxylic acids is 1. The van der Waals surface area contributed by atoms with Gasteiger partial charge in [-0.3, -0.25) is 9.89 Å². The van der Waals surface area contributed by atoms with Gasteiger partial charge in [-0.25, -0.2) is 4.98 Å². The number of hydrogen-bond acceptors (Lipinski definition) is 5. The third-order valence-corrected chi connectivity index (χ3v) is 4.87. The van der Waals surface area contributed by atoms with E-state index < -0.39 is 0 Å². The normalized spacial score (nSPS) is 11.8. The summed E-state index contributed by atoms with van der Waals surface area (Å²) in [4.78, 5) is 16.6. The summed E-state index contributed by atoms with van der Waals surface area (Å²) in [6.07, 6.45) is 0. The van der Waals surface area contributed by atoms with Gasteiger partial charge in [0.05, 0.1) is 5.25 Å². The number of nitrogens with zero attached hydrogens (tertiary/aromatic N) is 2. The fourth-order valence-electron chi connectivity index (χ4n) is 2.22. The summed E-state index contributed by atoms with van der Waals surface area (Å²) in [6, 6.07) is 16.9. The Balaban J connectivity index is 1.46. The van der Waals surface area contributed by atoms with E-state index in [2.05, 4.69) is 20.5 Å². The SMILES string of the molecule is CC(Sc1n[nH]c(COc2ccc(Cl)cc2)n1)C(=O)NCc1ccccc1. The first kappa shape index (κ1) is 19.3. The van der Waals surface area contributed by atoms with Crippen molar-refractivity contribution in [1.29, 1.82) is 0 Å². The molecular weight excluding hydrogens is 384 g/mol. The third-order valence-electron chi connectivity index (χ3n) is 3.66. The molecule has 6 nitrogen and oxygen atoms in total. The molecule has 0 aliphatic rings. The summed E-state index contributed by atoms with van der Waals surface area (Å²) in [5.74, 6) is 1.22. The van der Waals surface area contributed by atoms with E-state index in [9.17, 15) is 4.79 Å². The Morgan fingerprint density at radius 2 is 1.96 bits per heavy atom. The lowest BCUT2D eigenvalue weighted by molar-refractivity contribution is -0.120. The lowest BCUT2D eigenvalue weighted by Gasteiger charge is -2.10. The summed E-state index contributed by atoms with van der Waals surface area (Å²) >= 11 is 7.14. The number of carbonyl (C=O) groups is 1. The monoisotopic (exact) mass is 402 g/mol. The number of hydrogen-bond donors (Lipinski definition) is 2. The van der Waals surface area contributed by atoms with Gasteiger partial charge in [0.25, 0.3) is 0 Å². The van der Waals surface area contributed by atoms with Gasteiger partial charge in [0.2, 0.25) is 11.1 Å². The van der Waals surface area contributed by atoms with Crippen LogP contribution in [0.1, 0.15) is 18.3 Å². The van der Waals surface area contributed by atoms with Crippen molar-refractivity contribution in [2.45, 2.75) is 30.5 Å². The standard InChI is InChI=1S/C19H19ClN4O2S/c1-13(18(25)21-11-14-5-3-2-4-6-14)27-19-22-17(23-24-19)12-26-16-9-7-15(20)8-10-16/h2-10,13H,11-12H2,1H3,(H,21,25)(H,22,23,24). The third kappa shape index (κ3) is 6.01. The van der Waals surface area contributed by atoms with Crippen molar-refractivity contribution >= 4 is 29.3 Å². The molecule has 2 aromatic carbocycles. The van der Waals surface area contributed by atoms with Gasteiger partial charge >= 0.3 is 0 Å². The average Bonchev–Trinajstić information content (AvgIpc) is 3.13. The van der Waals surface area contributed by atoms with Crippen LogP contribution in [-0.2, 0) is 17.9 Å². The molecule has 0 bridgehead atoms. The summed E-state index contributed by atoms with van der Waals surface area (Å²) in [6.45, 7) is 2.58. The van der Waals surface area contributed by atoms with Crippen LogP contribution >= 0.6 is 23.4 Å². The molecule has 0 saturated heterocycles. The van der Waals surface area contributed by atoms with Gasteiger partial charge in [0.1, 0.15) is 12.4 Å². The summed E-state index contributed by atoms with van der Waals surface area (Å²) in [7, 11) is 0. The zero-order chi connectivity index (χ0) is 19.1. The van der Waals surface area contributed by atoms with Crippen LogP contribution in [-0.4, -0.2) is 26.3 Å². The molecule has 0 fully saturated rings. The fourth-order valence-corrected chi connectivity index (χ4v) is 3.11. The highest BCUT2D eigenvalue weighted by Gasteiger charge is 2.17. The van der Waals surface area contributed by atoms with E-state index in [1.54, 1.807) is 24.3 Å². The molecule has 0 spiro atoms. The number of ether oxygens (including phenoxy) is 1. The summed E-state index contributed by atoms with van der Waals surface area (Å²) in [5, 5.41) is 10.7. The topological polar surface area (TPSA) is 79.9 Å². The van der Waals surface area contributed by atoms with Crippen molar-refractivity contribution in [1.82, 2.24) is 20.5 Å². The molecule has 1 atom stereocenters. The molecule has 1 amide bonds. The first-order chi connectivity index (χ1) is 13.1. The molecular formula is C19H19ClN4O2S. The van der Waals surface area contributed by atoms with Crippen LogP contribution in [0, 0.1) is 0 Å². The number of rotatable bonds is 8. The largest absolute Gasteiger partial charge is 0.486 e. The average molecular weight is 403 g/mol. The van der Waals surface area contributed by atoms with Gasteiger partial charge in [-0.15, -0.1) is 5.10 Å². The van der Waals surface area contributed by atoms with Crippen LogP contribution in [0.2, 0.25) is 5.02 Å². The molecule has 2 N–H and O–H groups in total. The van der Waals surface area contributed by atoms with Crippen LogP contribution in [0.3, 0.4) is 0 Å². The van der Waals surface area contributed by atoms with Crippen molar-refractivity contribution in [3.05, 3.63) is 71.0 Å². The minimum atomic E-state index is -0.311. The molecule has 0 aliphatic heterocycles. The number of thioether (sulfide) groups is 1. The van der Waals surface area contributed by atoms with E-state index in [1.165, 1.54) is 11.8 Å². The Morgan fingerprint density at radius 1 is 1.22 bits per heavy atom. The van der Waals surface area contributed by atoms with Crippen LogP contribution in [0.4, 0.5) is 0 Å². The van der Waals surface area contributed by atoms with Crippen LogP contribution in [0.15, 0.2) is 59.8 Å². The molecule has 27 heavy (non-hydrogen) atoms. The maximum atomic E-state index is 12.2. The Labute approximate surface area is 166 Å². The van der Waals surface area contributed by atoms with E-state index >= 15 is 0 Å². The lowest BCUT2D eigenvalue weighted by atomic mass is 10.2. The van der Waals surface area contributed by atoms with Crippen molar-refractivity contribution in [3.63, 3.8) is 0 Å². The van der Waals surface area contributed by atoms with E-state index in [0.29, 0.717) is 28.3 Å². The van der Waals surface area contributed by atoms with Gasteiger partial charge in [0.15, 0.2) is 5.82 Å². The Hall–Kier alpha value is -2.51. The van der Waals surface area contributed by atoms with Gasteiger partial charge in [0, 0.05) is 11.6 Å². The Bertz CT molecular complexity index is 871. The van der Waals surface area contributed by atoms with Crippen LogP contribution in [0.25, 0.3) is 0 Å². The second kappa shape index (κ2) is 9.43. The van der Waals surface area contributed by atoms with E-state index in [0.717, 1.165) is 5.56 Å². The predicted molar refractivity (Wildman–Crippen MR) is 106 cm³/mol. The molecule has 0 aliphatic carbocycles. The van der Waals surface area contributed by atoms with Crippen molar-refractivity contribution < 1.29 is 9.53 Å². The number of nitrogens with one attached hydrogen (secondary N) is 2. The highest BCUT2D eigenvalue weighted by molar-refractivity contribution is 8.00. The van der Waals surface area contributed by atoms with Crippen molar-refractivity contribution in [2.24, 2.45) is 0 Å². The smallest absolute Gasteiger partial charge is 0.233 e.